The number of rotatable bonds is 4. The highest BCUT2D eigenvalue weighted by Crippen LogP contribution is 2.69. The van der Waals surface area contributed by atoms with Gasteiger partial charge in [0.2, 0.25) is 17.7 Å². The third-order valence-electron chi connectivity index (χ3n) is 7.32. The summed E-state index contributed by atoms with van der Waals surface area (Å²) in [6.07, 6.45) is 0. The molecule has 1 saturated heterocycles. The molecule has 7 rings (SSSR count). The number of halogens is 2. The third-order valence-corrected chi connectivity index (χ3v) is 8.60. The summed E-state index contributed by atoms with van der Waals surface area (Å²) < 4.78 is 0. The van der Waals surface area contributed by atoms with E-state index in [2.05, 4.69) is 5.32 Å². The van der Waals surface area contributed by atoms with Crippen LogP contribution in [0.15, 0.2) is 72.8 Å². The van der Waals surface area contributed by atoms with Crippen molar-refractivity contribution in [3.05, 3.63) is 105 Å². The number of likely N-dealkylation sites (tertiary alicyclic amines) is 1. The summed E-state index contributed by atoms with van der Waals surface area (Å²) in [6, 6.07) is 19.9. The number of nitrogens with zero attached hydrogens (tertiary/aromatic N) is 2. The van der Waals surface area contributed by atoms with Crippen molar-refractivity contribution in [1.82, 2.24) is 4.90 Å². The Bertz CT molecular complexity index is 1380. The standard InChI is InChI=1S/C26H17Cl2N3O5/c27-25-16-8-1-2-9-17(16)26(28,19-11-4-3-10-18(19)25)22-21(25)23(33)30(24(22)34)13-20(32)29-14-6-5-7-15(12-14)31(35)36/h1-12,21-22H,13H2,(H,29,32)/t21-,22+,25?,26?. The second-order valence-electron chi connectivity index (χ2n) is 9.09. The van der Waals surface area contributed by atoms with Gasteiger partial charge in [-0.1, -0.05) is 54.6 Å². The molecule has 1 fully saturated rings. The van der Waals surface area contributed by atoms with Crippen LogP contribution in [-0.4, -0.2) is 34.1 Å². The maximum Gasteiger partial charge on any atom is 0.271 e. The van der Waals surface area contributed by atoms with Crippen molar-refractivity contribution in [2.45, 2.75) is 9.75 Å². The zero-order chi connectivity index (χ0) is 25.4. The Hall–Kier alpha value is -3.75. The quantitative estimate of drug-likeness (QED) is 0.240. The molecule has 1 heterocycles. The first-order chi connectivity index (χ1) is 17.2. The van der Waals surface area contributed by atoms with Gasteiger partial charge in [-0.15, -0.1) is 23.2 Å². The smallest absolute Gasteiger partial charge is 0.271 e. The number of alkyl halides is 2. The summed E-state index contributed by atoms with van der Waals surface area (Å²) >= 11 is 14.7. The lowest BCUT2D eigenvalue weighted by atomic mass is 9.54. The minimum Gasteiger partial charge on any atom is -0.324 e. The third kappa shape index (κ3) is 2.79. The van der Waals surface area contributed by atoms with Gasteiger partial charge in [0.1, 0.15) is 16.3 Å². The zero-order valence-electron chi connectivity index (χ0n) is 18.5. The van der Waals surface area contributed by atoms with Gasteiger partial charge in [-0.2, -0.15) is 0 Å². The predicted molar refractivity (Wildman–Crippen MR) is 132 cm³/mol. The minimum atomic E-state index is -1.33. The van der Waals surface area contributed by atoms with Crippen LogP contribution < -0.4 is 5.32 Å². The summed E-state index contributed by atoms with van der Waals surface area (Å²) in [4.78, 5) is 49.0. The van der Waals surface area contributed by atoms with Crippen molar-refractivity contribution in [2.24, 2.45) is 11.8 Å². The first kappa shape index (κ1) is 22.7. The van der Waals surface area contributed by atoms with Gasteiger partial charge >= 0.3 is 0 Å². The van der Waals surface area contributed by atoms with Gasteiger partial charge in [-0.05, 0) is 28.3 Å². The molecule has 0 saturated carbocycles. The number of anilines is 1. The molecule has 2 atom stereocenters. The highest BCUT2D eigenvalue weighted by Gasteiger charge is 2.73. The predicted octanol–water partition coefficient (Wildman–Crippen LogP) is 4.13. The zero-order valence-corrected chi connectivity index (χ0v) is 20.0. The van der Waals surface area contributed by atoms with Gasteiger partial charge in [0.25, 0.3) is 5.69 Å². The largest absolute Gasteiger partial charge is 0.324 e. The molecule has 8 nitrogen and oxygen atoms in total. The average molecular weight is 522 g/mol. The van der Waals surface area contributed by atoms with E-state index in [-0.39, 0.29) is 11.4 Å². The van der Waals surface area contributed by atoms with E-state index in [1.54, 1.807) is 0 Å². The molecule has 0 spiro atoms. The fourth-order valence-electron chi connectivity index (χ4n) is 5.92. The minimum absolute atomic E-state index is 0.174. The Morgan fingerprint density at radius 3 is 1.78 bits per heavy atom. The molecular formula is C26H17Cl2N3O5. The first-order valence-electron chi connectivity index (χ1n) is 11.2. The number of non-ortho nitro benzene ring substituents is 1. The lowest BCUT2D eigenvalue weighted by Gasteiger charge is -2.54. The van der Waals surface area contributed by atoms with Gasteiger partial charge in [0, 0.05) is 17.8 Å². The SMILES string of the molecule is O=C(CN1C(=O)[C@@H]2[C@H](C1=O)C1(Cl)c3ccccc3C2(Cl)c2ccccc21)Nc1cccc([N+](=O)[O-])c1. The van der Waals surface area contributed by atoms with Crippen LogP contribution >= 0.6 is 23.2 Å². The van der Waals surface area contributed by atoms with Crippen molar-refractivity contribution in [2.75, 3.05) is 11.9 Å². The molecule has 0 radical (unpaired) electrons. The Morgan fingerprint density at radius 2 is 1.33 bits per heavy atom. The van der Waals surface area contributed by atoms with Crippen molar-refractivity contribution < 1.29 is 19.3 Å². The van der Waals surface area contributed by atoms with Gasteiger partial charge in [0.05, 0.1) is 16.8 Å². The number of benzene rings is 3. The highest BCUT2D eigenvalue weighted by molar-refractivity contribution is 6.36. The summed E-state index contributed by atoms with van der Waals surface area (Å²) in [5.41, 5.74) is 2.66. The molecule has 36 heavy (non-hydrogen) atoms. The molecular weight excluding hydrogens is 505 g/mol. The van der Waals surface area contributed by atoms with Crippen molar-refractivity contribution in [1.29, 1.82) is 0 Å². The van der Waals surface area contributed by atoms with E-state index in [1.807, 2.05) is 48.5 Å². The molecule has 10 heteroatoms. The van der Waals surface area contributed by atoms with E-state index >= 15 is 0 Å². The van der Waals surface area contributed by atoms with Crippen LogP contribution in [0.25, 0.3) is 0 Å². The summed E-state index contributed by atoms with van der Waals surface area (Å²) in [5, 5.41) is 13.6. The molecule has 3 aromatic carbocycles. The molecule has 1 aliphatic heterocycles. The van der Waals surface area contributed by atoms with Crippen molar-refractivity contribution in [3.63, 3.8) is 0 Å². The monoisotopic (exact) mass is 521 g/mol. The molecule has 180 valence electrons. The number of nitrogens with one attached hydrogen (secondary N) is 1. The number of hydrogen-bond acceptors (Lipinski definition) is 5. The van der Waals surface area contributed by atoms with Crippen molar-refractivity contribution in [3.8, 4) is 0 Å². The maximum atomic E-state index is 13.7. The Kier molecular flexibility index (Phi) is 4.81. The fourth-order valence-corrected chi connectivity index (χ4v) is 7.02. The lowest BCUT2D eigenvalue weighted by Crippen LogP contribution is -2.57. The molecule has 2 bridgehead atoms. The molecule has 0 aromatic heterocycles. The number of nitro groups is 1. The van der Waals surface area contributed by atoms with Crippen LogP contribution in [0.4, 0.5) is 11.4 Å². The number of nitro benzene ring substituents is 1. The highest BCUT2D eigenvalue weighted by atomic mass is 35.5. The number of carbonyl (C=O) groups is 3. The second-order valence-corrected chi connectivity index (χ2v) is 10.3. The van der Waals surface area contributed by atoms with Crippen LogP contribution in [0, 0.1) is 22.0 Å². The molecule has 0 unspecified atom stereocenters. The summed E-state index contributed by atoms with van der Waals surface area (Å²) in [6.45, 7) is -0.569. The van der Waals surface area contributed by atoms with Gasteiger partial charge < -0.3 is 5.32 Å². The van der Waals surface area contributed by atoms with E-state index < -0.39 is 50.8 Å². The van der Waals surface area contributed by atoms with Crippen LogP contribution in [0.2, 0.25) is 0 Å². The van der Waals surface area contributed by atoms with E-state index in [0.29, 0.717) is 22.3 Å². The molecule has 3 amide bonds. The fraction of sp³-hybridized carbons (Fsp3) is 0.192. The number of amides is 3. The number of carbonyl (C=O) groups excluding carboxylic acids is 3. The molecule has 3 aliphatic carbocycles. The first-order valence-corrected chi connectivity index (χ1v) is 11.9. The average Bonchev–Trinajstić information content (AvgIpc) is 3.13. The lowest BCUT2D eigenvalue weighted by molar-refractivity contribution is -0.384. The van der Waals surface area contributed by atoms with Gasteiger partial charge in [0.15, 0.2) is 0 Å². The van der Waals surface area contributed by atoms with Gasteiger partial charge in [-0.3, -0.25) is 29.4 Å². The van der Waals surface area contributed by atoms with Gasteiger partial charge in [-0.25, -0.2) is 0 Å². The summed E-state index contributed by atoms with van der Waals surface area (Å²) in [5.74, 6) is -3.84. The van der Waals surface area contributed by atoms with E-state index in [1.165, 1.54) is 24.3 Å². The molecule has 1 N–H and O–H groups in total. The van der Waals surface area contributed by atoms with Crippen LogP contribution in [0.1, 0.15) is 22.3 Å². The van der Waals surface area contributed by atoms with E-state index in [9.17, 15) is 24.5 Å². The molecule has 3 aromatic rings. The van der Waals surface area contributed by atoms with Crippen LogP contribution in [0.3, 0.4) is 0 Å². The van der Waals surface area contributed by atoms with E-state index in [0.717, 1.165) is 4.90 Å². The Morgan fingerprint density at radius 1 is 0.861 bits per heavy atom. The summed E-state index contributed by atoms with van der Waals surface area (Å²) in [7, 11) is 0. The number of imide groups is 1. The van der Waals surface area contributed by atoms with Crippen LogP contribution in [-0.2, 0) is 24.1 Å². The second kappa shape index (κ2) is 7.62. The Labute approximate surface area is 215 Å². The van der Waals surface area contributed by atoms with Crippen molar-refractivity contribution >= 4 is 52.3 Å². The Balaban J connectivity index is 1.38. The van der Waals surface area contributed by atoms with E-state index in [4.69, 9.17) is 23.2 Å². The maximum absolute atomic E-state index is 13.7. The molecule has 4 aliphatic rings. The normalized spacial score (nSPS) is 27.3. The number of hydrogen-bond donors (Lipinski definition) is 1. The van der Waals surface area contributed by atoms with Crippen LogP contribution in [0.5, 0.6) is 0 Å². The topological polar surface area (TPSA) is 110 Å².